The Morgan fingerprint density at radius 3 is 2.23 bits per heavy atom. The minimum absolute atomic E-state index is 0. The maximum absolute atomic E-state index is 2.53. The molecule has 1 unspecified atom stereocenters. The van der Waals surface area contributed by atoms with E-state index in [1.54, 1.807) is 15.3 Å². The van der Waals surface area contributed by atoms with E-state index in [9.17, 15) is 0 Å². The van der Waals surface area contributed by atoms with Crippen LogP contribution in [0.3, 0.4) is 0 Å². The average Bonchev–Trinajstić information content (AvgIpc) is 3.30. The predicted octanol–water partition coefficient (Wildman–Crippen LogP) is 0.339. The van der Waals surface area contributed by atoms with Crippen molar-refractivity contribution in [1.29, 1.82) is 0 Å². The molecule has 0 bridgehead atoms. The van der Waals surface area contributed by atoms with Gasteiger partial charge in [0.1, 0.15) is 0 Å². The molecule has 3 heteroatoms. The zero-order chi connectivity index (χ0) is 20.0. The molecule has 3 aromatic rings. The smallest absolute Gasteiger partial charge is 1.00 e. The van der Waals surface area contributed by atoms with Crippen LogP contribution in [0.15, 0.2) is 88.2 Å². The van der Waals surface area contributed by atoms with Gasteiger partial charge in [-0.2, -0.15) is 0 Å². The Kier molecular flexibility index (Phi) is 7.74. The van der Waals surface area contributed by atoms with Crippen LogP contribution in [0.25, 0.3) is 16.7 Å². The Labute approximate surface area is 206 Å². The van der Waals surface area contributed by atoms with Crippen molar-refractivity contribution in [1.82, 2.24) is 0 Å². The first kappa shape index (κ1) is 24.1. The Balaban J connectivity index is 0.00000136. The minimum atomic E-state index is -2.12. The van der Waals surface area contributed by atoms with Crippen LogP contribution in [0.4, 0.5) is 0 Å². The summed E-state index contributed by atoms with van der Waals surface area (Å²) in [6.07, 6.45) is 6.11. The van der Waals surface area contributed by atoms with Gasteiger partial charge in [0.15, 0.2) is 0 Å². The van der Waals surface area contributed by atoms with Crippen LogP contribution in [-0.4, -0.2) is 3.21 Å². The third kappa shape index (κ3) is 4.38. The molecule has 0 fully saturated rings. The zero-order valence-corrected chi connectivity index (χ0v) is 22.1. The predicted molar refractivity (Wildman–Crippen MR) is 122 cm³/mol. The molecule has 0 spiro atoms. The summed E-state index contributed by atoms with van der Waals surface area (Å²) in [4.78, 5) is 0. The molecule has 156 valence electrons. The topological polar surface area (TPSA) is 0 Å². The number of hydrogen-bond donors (Lipinski definition) is 0. The molecule has 0 N–H and O–H groups in total. The summed E-state index contributed by atoms with van der Waals surface area (Å²) < 4.78 is 5.06. The van der Waals surface area contributed by atoms with Gasteiger partial charge in [-0.25, -0.2) is 0 Å². The summed E-state index contributed by atoms with van der Waals surface area (Å²) in [7, 11) is 0. The van der Waals surface area contributed by atoms with E-state index in [2.05, 4.69) is 106 Å². The fraction of sp³-hybridized carbons (Fsp3) is 0.179. The molecule has 31 heavy (non-hydrogen) atoms. The van der Waals surface area contributed by atoms with Gasteiger partial charge in [0.2, 0.25) is 0 Å². The first-order chi connectivity index (χ1) is 14.1. The van der Waals surface area contributed by atoms with Gasteiger partial charge in [0, 0.05) is 0 Å². The van der Waals surface area contributed by atoms with Crippen molar-refractivity contribution < 1.29 is 46.1 Å². The van der Waals surface area contributed by atoms with Crippen LogP contribution in [0.1, 0.15) is 37.5 Å². The van der Waals surface area contributed by atoms with E-state index in [1.807, 2.05) is 0 Å². The maximum atomic E-state index is 2.53. The fourth-order valence-corrected chi connectivity index (χ4v) is 12.4. The van der Waals surface area contributed by atoms with E-state index < -0.39 is 21.3 Å². The summed E-state index contributed by atoms with van der Waals surface area (Å²) >= 11 is -2.12. The monoisotopic (exact) mass is 522 g/mol. The SMILES string of the molecule is C[C](C)=[Zr+2]([C]1=CC(c2ccccc2)=CC1C)[c]1cccc2c1Cc1ccccc1-2.[Cl-].[Cl-]. The standard InChI is InChI=1S/C13H9.C12H11.C3H6.2ClH.Zr/c1-3-7-12-10(5-1)9-11-6-2-4-8-13(11)12;1-10-7-8-12(9-10)11-5-3-2-4-6-11;1-3-2;;;/h1-5,7-8H,9H2;2-6,8-10H,1H3;1-2H3;2*1H;/q;;;;;+2/p-2. The van der Waals surface area contributed by atoms with Crippen LogP contribution < -0.4 is 28.1 Å². The Bertz CT molecular complexity index is 1200. The molecule has 0 radical (unpaired) electrons. The van der Waals surface area contributed by atoms with Gasteiger partial charge in [0.05, 0.1) is 0 Å². The normalized spacial score (nSPS) is 15.4. The van der Waals surface area contributed by atoms with E-state index in [1.165, 1.54) is 27.8 Å². The fourth-order valence-electron chi connectivity index (χ4n) is 4.92. The quantitative estimate of drug-likeness (QED) is 0.363. The molecule has 0 aliphatic heterocycles. The Hall–Kier alpha value is -1.53. The summed E-state index contributed by atoms with van der Waals surface area (Å²) in [6.45, 7) is 7.15. The Morgan fingerprint density at radius 1 is 0.806 bits per heavy atom. The van der Waals surface area contributed by atoms with Crippen LogP contribution in [-0.2, 0) is 27.7 Å². The van der Waals surface area contributed by atoms with Gasteiger partial charge < -0.3 is 24.8 Å². The molecule has 0 amide bonds. The van der Waals surface area contributed by atoms with Gasteiger partial charge in [0.25, 0.3) is 0 Å². The second-order valence-corrected chi connectivity index (χ2v) is 15.5. The molecule has 1 atom stereocenters. The van der Waals surface area contributed by atoms with Crippen molar-refractivity contribution in [3.63, 3.8) is 0 Å². The minimum Gasteiger partial charge on any atom is -1.00 e. The van der Waals surface area contributed by atoms with Crippen molar-refractivity contribution in [2.75, 3.05) is 0 Å². The molecule has 2 aliphatic carbocycles. The molecule has 0 nitrogen and oxygen atoms in total. The summed E-state index contributed by atoms with van der Waals surface area (Å²) in [5, 5.41) is 0. The average molecular weight is 525 g/mol. The zero-order valence-electron chi connectivity index (χ0n) is 18.1. The van der Waals surface area contributed by atoms with Crippen molar-refractivity contribution in [2.45, 2.75) is 27.2 Å². The van der Waals surface area contributed by atoms with E-state index in [-0.39, 0.29) is 24.8 Å². The van der Waals surface area contributed by atoms with E-state index in [4.69, 9.17) is 0 Å². The number of fused-ring (bicyclic) bond motifs is 3. The summed E-state index contributed by atoms with van der Waals surface area (Å²) in [5.74, 6) is 0.536. The van der Waals surface area contributed by atoms with Crippen molar-refractivity contribution >= 4 is 12.1 Å². The van der Waals surface area contributed by atoms with Crippen LogP contribution in [0, 0.1) is 5.92 Å². The molecular formula is C28H26Cl2Zr. The molecule has 0 aromatic heterocycles. The van der Waals surface area contributed by atoms with Crippen LogP contribution >= 0.6 is 0 Å². The third-order valence-electron chi connectivity index (χ3n) is 6.25. The first-order valence-corrected chi connectivity index (χ1v) is 14.2. The molecule has 0 saturated carbocycles. The first-order valence-electron chi connectivity index (χ1n) is 10.5. The molecule has 0 heterocycles. The van der Waals surface area contributed by atoms with Gasteiger partial charge in [-0.15, -0.1) is 0 Å². The number of hydrogen-bond acceptors (Lipinski definition) is 0. The largest absolute Gasteiger partial charge is 1.00 e. The van der Waals surface area contributed by atoms with Crippen molar-refractivity contribution in [3.05, 3.63) is 105 Å². The van der Waals surface area contributed by atoms with Gasteiger partial charge >= 0.3 is 182 Å². The third-order valence-corrected chi connectivity index (χ3v) is 14.1. The van der Waals surface area contributed by atoms with Crippen LogP contribution in [0.5, 0.6) is 0 Å². The maximum Gasteiger partial charge on any atom is -1.00 e. The van der Waals surface area contributed by atoms with Crippen molar-refractivity contribution in [3.8, 4) is 11.1 Å². The Morgan fingerprint density at radius 2 is 1.48 bits per heavy atom. The number of rotatable bonds is 3. The molecule has 5 rings (SSSR count). The molecular weight excluding hydrogens is 498 g/mol. The molecule has 0 saturated heterocycles. The van der Waals surface area contributed by atoms with Gasteiger partial charge in [-0.1, -0.05) is 0 Å². The second kappa shape index (κ2) is 9.95. The van der Waals surface area contributed by atoms with Gasteiger partial charge in [-0.05, 0) is 0 Å². The molecule has 3 aromatic carbocycles. The number of benzene rings is 3. The number of halogens is 2. The van der Waals surface area contributed by atoms with E-state index in [0.29, 0.717) is 5.92 Å². The van der Waals surface area contributed by atoms with E-state index >= 15 is 0 Å². The second-order valence-electron chi connectivity index (χ2n) is 8.42. The number of allylic oxidation sites excluding steroid dienone is 4. The van der Waals surface area contributed by atoms with Crippen LogP contribution in [0.2, 0.25) is 0 Å². The van der Waals surface area contributed by atoms with Crippen molar-refractivity contribution in [2.24, 2.45) is 5.92 Å². The summed E-state index contributed by atoms with van der Waals surface area (Å²) in [6, 6.07) is 26.9. The van der Waals surface area contributed by atoms with Gasteiger partial charge in [-0.3, -0.25) is 0 Å². The van der Waals surface area contributed by atoms with E-state index in [0.717, 1.165) is 6.42 Å². The summed E-state index contributed by atoms with van der Waals surface area (Å²) in [5.41, 5.74) is 8.76. The molecule has 2 aliphatic rings.